The van der Waals surface area contributed by atoms with Gasteiger partial charge in [0, 0.05) is 14.3 Å². The van der Waals surface area contributed by atoms with Crippen LogP contribution in [0, 0.1) is 6.85 Å². The van der Waals surface area contributed by atoms with E-state index in [-0.39, 0.29) is 5.69 Å². The van der Waals surface area contributed by atoms with Gasteiger partial charge in [-0.15, -0.1) is 0 Å². The average Bonchev–Trinajstić information content (AvgIpc) is 1.82. The molecule has 0 bridgehead atoms. The molecule has 0 atom stereocenters. The lowest BCUT2D eigenvalue weighted by molar-refractivity contribution is 1.16. The second-order valence-corrected chi connectivity index (χ2v) is 3.22. The van der Waals surface area contributed by atoms with Gasteiger partial charge < -0.3 is 0 Å². The van der Waals surface area contributed by atoms with Gasteiger partial charge in [-0.25, -0.2) is 4.98 Å². The van der Waals surface area contributed by atoms with Crippen LogP contribution >= 0.6 is 31.9 Å². The van der Waals surface area contributed by atoms with Gasteiger partial charge in [0.1, 0.15) is 4.60 Å². The Bertz CT molecular complexity index is 277. The molecule has 0 fully saturated rings. The molecule has 0 saturated carbocycles. The Labute approximate surface area is 75.0 Å². The Morgan fingerprint density at radius 2 is 2.33 bits per heavy atom. The molecule has 0 spiro atoms. The van der Waals surface area contributed by atoms with Crippen molar-refractivity contribution in [3.8, 4) is 0 Å². The number of hydrogen-bond donors (Lipinski definition) is 0. The lowest BCUT2D eigenvalue weighted by Crippen LogP contribution is -1.79. The van der Waals surface area contributed by atoms with Gasteiger partial charge >= 0.3 is 0 Å². The summed E-state index contributed by atoms with van der Waals surface area (Å²) in [6.45, 7) is -2.15. The fraction of sp³-hybridized carbons (Fsp3) is 0.167. The molecule has 3 heteroatoms. The fourth-order valence-electron chi connectivity index (χ4n) is 0.466. The van der Waals surface area contributed by atoms with Crippen molar-refractivity contribution in [1.82, 2.24) is 4.98 Å². The average molecular weight is 254 g/mol. The molecular weight excluding hydrogens is 246 g/mol. The standard InChI is InChI=1S/C6H5Br2N/c1-4-2-5(7)3-6(8)9-4/h2-3H,1H3/i1D3. The van der Waals surface area contributed by atoms with Crippen LogP contribution in [0.2, 0.25) is 0 Å². The number of aryl methyl sites for hydroxylation is 1. The molecular formula is C6H5Br2N. The van der Waals surface area contributed by atoms with Crippen molar-refractivity contribution in [2.24, 2.45) is 0 Å². The molecule has 0 radical (unpaired) electrons. The van der Waals surface area contributed by atoms with Crippen LogP contribution in [0.3, 0.4) is 0 Å². The maximum atomic E-state index is 7.10. The molecule has 0 saturated heterocycles. The molecule has 0 unspecified atom stereocenters. The summed E-state index contributed by atoms with van der Waals surface area (Å²) < 4.78 is 22.5. The largest absolute Gasteiger partial charge is 0.246 e. The van der Waals surface area contributed by atoms with Crippen LogP contribution in [0.4, 0.5) is 0 Å². The first-order valence-electron chi connectivity index (χ1n) is 3.73. The number of pyridine rings is 1. The monoisotopic (exact) mass is 252 g/mol. The van der Waals surface area contributed by atoms with Crippen LogP contribution in [0.5, 0.6) is 0 Å². The van der Waals surface area contributed by atoms with Crippen molar-refractivity contribution in [2.45, 2.75) is 6.85 Å². The summed E-state index contributed by atoms with van der Waals surface area (Å²) in [5.74, 6) is 0. The number of hydrogen-bond acceptors (Lipinski definition) is 1. The Hall–Kier alpha value is 0.110. The zero-order valence-electron chi connectivity index (χ0n) is 7.36. The maximum absolute atomic E-state index is 7.10. The molecule has 0 amide bonds. The van der Waals surface area contributed by atoms with Crippen molar-refractivity contribution in [3.63, 3.8) is 0 Å². The van der Waals surface area contributed by atoms with E-state index in [1.165, 1.54) is 6.07 Å². The van der Waals surface area contributed by atoms with Gasteiger partial charge in [0.05, 0.1) is 0 Å². The summed E-state index contributed by atoms with van der Waals surface area (Å²) in [5.41, 5.74) is 0.0868. The fourth-order valence-corrected chi connectivity index (χ4v) is 1.64. The first-order valence-corrected chi connectivity index (χ1v) is 3.82. The van der Waals surface area contributed by atoms with E-state index < -0.39 is 6.85 Å². The van der Waals surface area contributed by atoms with Crippen molar-refractivity contribution < 1.29 is 4.11 Å². The molecule has 9 heavy (non-hydrogen) atoms. The SMILES string of the molecule is [2H]C([2H])([2H])c1cc(Br)cc(Br)n1. The molecule has 1 heterocycles. The van der Waals surface area contributed by atoms with Gasteiger partial charge in [0.2, 0.25) is 0 Å². The minimum Gasteiger partial charge on any atom is -0.246 e. The Morgan fingerprint density at radius 1 is 1.56 bits per heavy atom. The van der Waals surface area contributed by atoms with E-state index in [0.29, 0.717) is 9.08 Å². The zero-order chi connectivity index (χ0) is 9.35. The molecule has 0 aliphatic carbocycles. The van der Waals surface area contributed by atoms with Crippen molar-refractivity contribution >= 4 is 31.9 Å². The molecule has 1 nitrogen and oxygen atoms in total. The van der Waals surface area contributed by atoms with Crippen LogP contribution in [0.25, 0.3) is 0 Å². The predicted molar refractivity (Wildman–Crippen MR) is 44.4 cm³/mol. The highest BCUT2D eigenvalue weighted by atomic mass is 79.9. The molecule has 0 aromatic carbocycles. The summed E-state index contributed by atoms with van der Waals surface area (Å²) in [6, 6.07) is 3.17. The van der Waals surface area contributed by atoms with E-state index in [1.54, 1.807) is 6.07 Å². The van der Waals surface area contributed by atoms with Gasteiger partial charge in [0.15, 0.2) is 0 Å². The Kier molecular flexibility index (Phi) is 1.27. The van der Waals surface area contributed by atoms with E-state index in [4.69, 9.17) is 4.11 Å². The van der Waals surface area contributed by atoms with Gasteiger partial charge in [-0.1, -0.05) is 15.9 Å². The van der Waals surface area contributed by atoms with E-state index in [0.717, 1.165) is 0 Å². The number of nitrogens with zero attached hydrogens (tertiary/aromatic N) is 1. The summed E-state index contributed by atoms with van der Waals surface area (Å²) in [7, 11) is 0. The third kappa shape index (κ3) is 2.06. The highest BCUT2D eigenvalue weighted by molar-refractivity contribution is 9.11. The highest BCUT2D eigenvalue weighted by Gasteiger charge is 1.91. The maximum Gasteiger partial charge on any atom is 0.107 e. The van der Waals surface area contributed by atoms with Crippen molar-refractivity contribution in [2.75, 3.05) is 0 Å². The molecule has 1 aromatic rings. The molecule has 0 N–H and O–H groups in total. The third-order valence-electron chi connectivity index (χ3n) is 0.759. The van der Waals surface area contributed by atoms with E-state index in [9.17, 15) is 0 Å². The van der Waals surface area contributed by atoms with Crippen LogP contribution < -0.4 is 0 Å². The number of rotatable bonds is 0. The van der Waals surface area contributed by atoms with Gasteiger partial charge in [-0.3, -0.25) is 0 Å². The second-order valence-electron chi connectivity index (χ2n) is 1.49. The van der Waals surface area contributed by atoms with Crippen molar-refractivity contribution in [3.05, 3.63) is 26.9 Å². The number of aromatic nitrogens is 1. The van der Waals surface area contributed by atoms with Gasteiger partial charge in [-0.2, -0.15) is 0 Å². The molecule has 1 rings (SSSR count). The molecule has 1 aromatic heterocycles. The summed E-state index contributed by atoms with van der Waals surface area (Å²) in [6.07, 6.45) is 0. The third-order valence-corrected chi connectivity index (χ3v) is 1.62. The van der Waals surface area contributed by atoms with E-state index in [1.807, 2.05) is 0 Å². The molecule has 48 valence electrons. The summed E-state index contributed by atoms with van der Waals surface area (Å²) >= 11 is 6.30. The quantitative estimate of drug-likeness (QED) is 0.648. The predicted octanol–water partition coefficient (Wildman–Crippen LogP) is 2.92. The zero-order valence-corrected chi connectivity index (χ0v) is 7.53. The number of halogens is 2. The summed E-state index contributed by atoms with van der Waals surface area (Å²) in [5, 5.41) is 0. The van der Waals surface area contributed by atoms with Crippen molar-refractivity contribution in [1.29, 1.82) is 0 Å². The molecule has 0 aliphatic rings. The Balaban J connectivity index is 3.18. The van der Waals surface area contributed by atoms with Crippen LogP contribution in [-0.4, -0.2) is 4.98 Å². The topological polar surface area (TPSA) is 12.9 Å². The van der Waals surface area contributed by atoms with Crippen LogP contribution in [-0.2, 0) is 0 Å². The van der Waals surface area contributed by atoms with Gasteiger partial charge in [-0.05, 0) is 34.9 Å². The first kappa shape index (κ1) is 4.09. The first-order chi connectivity index (χ1) is 5.39. The lowest BCUT2D eigenvalue weighted by atomic mass is 10.4. The minimum atomic E-state index is -2.15. The normalized spacial score (nSPS) is 16.0. The Morgan fingerprint density at radius 3 is 2.89 bits per heavy atom. The highest BCUT2D eigenvalue weighted by Crippen LogP contribution is 2.15. The second kappa shape index (κ2) is 2.80. The van der Waals surface area contributed by atoms with E-state index >= 15 is 0 Å². The van der Waals surface area contributed by atoms with Crippen LogP contribution in [0.1, 0.15) is 9.81 Å². The van der Waals surface area contributed by atoms with E-state index in [2.05, 4.69) is 36.8 Å². The smallest absolute Gasteiger partial charge is 0.107 e. The van der Waals surface area contributed by atoms with Gasteiger partial charge in [0.25, 0.3) is 0 Å². The molecule has 0 aliphatic heterocycles. The lowest BCUT2D eigenvalue weighted by Gasteiger charge is -1.93. The van der Waals surface area contributed by atoms with Crippen LogP contribution in [0.15, 0.2) is 21.2 Å². The minimum absolute atomic E-state index is 0.0868. The summed E-state index contributed by atoms with van der Waals surface area (Å²) in [4.78, 5) is 3.83.